The molecule has 108 valence electrons. The Morgan fingerprint density at radius 3 is 2.70 bits per heavy atom. The Kier molecular flexibility index (Phi) is 4.34. The van der Waals surface area contributed by atoms with Crippen LogP contribution >= 0.6 is 0 Å². The van der Waals surface area contributed by atoms with Gasteiger partial charge in [-0.25, -0.2) is 4.39 Å². The van der Waals surface area contributed by atoms with Gasteiger partial charge >= 0.3 is 0 Å². The molecule has 1 atom stereocenters. The molecular formula is C14H19FN4O. The molecule has 0 saturated carbocycles. The Morgan fingerprint density at radius 1 is 1.40 bits per heavy atom. The molecule has 1 unspecified atom stereocenters. The summed E-state index contributed by atoms with van der Waals surface area (Å²) in [5, 5.41) is 7.89. The van der Waals surface area contributed by atoms with E-state index in [1.54, 1.807) is 6.07 Å². The fourth-order valence-electron chi connectivity index (χ4n) is 1.88. The van der Waals surface area contributed by atoms with Crippen molar-refractivity contribution in [3.63, 3.8) is 0 Å². The van der Waals surface area contributed by atoms with E-state index in [9.17, 15) is 4.39 Å². The third-order valence-electron chi connectivity index (χ3n) is 3.09. The first-order valence-electron chi connectivity index (χ1n) is 6.49. The molecule has 2 aromatic rings. The van der Waals surface area contributed by atoms with Gasteiger partial charge in [-0.15, -0.1) is 10.2 Å². The smallest absolute Gasteiger partial charge is 0.170 e. The number of ether oxygens (including phenoxy) is 1. The van der Waals surface area contributed by atoms with E-state index in [1.807, 2.05) is 31.5 Å². The van der Waals surface area contributed by atoms with Crippen LogP contribution in [0.15, 0.2) is 18.2 Å². The minimum atomic E-state index is -0.387. The zero-order valence-corrected chi connectivity index (χ0v) is 11.9. The molecule has 0 spiro atoms. The lowest BCUT2D eigenvalue weighted by atomic mass is 10.1. The second-order valence-electron chi connectivity index (χ2n) is 4.96. The topological polar surface area (TPSA) is 66.0 Å². The summed E-state index contributed by atoms with van der Waals surface area (Å²) in [5.74, 6) is 1.26. The second kappa shape index (κ2) is 6.00. The van der Waals surface area contributed by atoms with Gasteiger partial charge in [0.05, 0.1) is 0 Å². The largest absolute Gasteiger partial charge is 0.483 e. The van der Waals surface area contributed by atoms with E-state index in [1.165, 1.54) is 6.07 Å². The number of nitrogens with zero attached hydrogens (tertiary/aromatic N) is 3. The highest BCUT2D eigenvalue weighted by Crippen LogP contribution is 2.20. The lowest BCUT2D eigenvalue weighted by Crippen LogP contribution is -2.17. The van der Waals surface area contributed by atoms with E-state index in [2.05, 4.69) is 10.2 Å². The fraction of sp³-hybridized carbons (Fsp3) is 0.429. The molecule has 2 rings (SSSR count). The van der Waals surface area contributed by atoms with Crippen LogP contribution in [-0.2, 0) is 20.1 Å². The van der Waals surface area contributed by atoms with Gasteiger partial charge in [0.1, 0.15) is 12.4 Å². The highest BCUT2D eigenvalue weighted by molar-refractivity contribution is 5.29. The minimum absolute atomic E-state index is 0.00258. The van der Waals surface area contributed by atoms with Crippen LogP contribution in [0.25, 0.3) is 0 Å². The molecule has 0 fully saturated rings. The molecule has 6 heteroatoms. The van der Waals surface area contributed by atoms with Crippen LogP contribution in [0.3, 0.4) is 0 Å². The molecule has 1 heterocycles. The van der Waals surface area contributed by atoms with Crippen molar-refractivity contribution in [2.75, 3.05) is 0 Å². The summed E-state index contributed by atoms with van der Waals surface area (Å²) in [7, 11) is 1.84. The molecule has 0 radical (unpaired) electrons. The van der Waals surface area contributed by atoms with Crippen LogP contribution in [0, 0.1) is 12.7 Å². The number of hydrogen-bond acceptors (Lipinski definition) is 4. The van der Waals surface area contributed by atoms with Crippen LogP contribution in [0.5, 0.6) is 5.75 Å². The first kappa shape index (κ1) is 14.5. The summed E-state index contributed by atoms with van der Waals surface area (Å²) in [6, 6.07) is 4.91. The van der Waals surface area contributed by atoms with E-state index in [0.717, 1.165) is 11.4 Å². The number of halogens is 1. The van der Waals surface area contributed by atoms with E-state index in [0.29, 0.717) is 12.2 Å². The Balaban J connectivity index is 2.05. The van der Waals surface area contributed by atoms with Crippen molar-refractivity contribution in [2.45, 2.75) is 32.9 Å². The van der Waals surface area contributed by atoms with Gasteiger partial charge in [-0.3, -0.25) is 0 Å². The lowest BCUT2D eigenvalue weighted by molar-refractivity contribution is 0.276. The highest BCUT2D eigenvalue weighted by Gasteiger charge is 2.09. The van der Waals surface area contributed by atoms with Gasteiger partial charge in [-0.05, 0) is 38.0 Å². The SMILES string of the molecule is Cc1nnc(COc2ccc(CC(C)N)cc2F)n1C. The lowest BCUT2D eigenvalue weighted by Gasteiger charge is -2.09. The van der Waals surface area contributed by atoms with E-state index in [4.69, 9.17) is 10.5 Å². The molecule has 0 bridgehead atoms. The third-order valence-corrected chi connectivity index (χ3v) is 3.09. The summed E-state index contributed by atoms with van der Waals surface area (Å²) in [4.78, 5) is 0. The molecule has 1 aromatic carbocycles. The van der Waals surface area contributed by atoms with Crippen LogP contribution in [-0.4, -0.2) is 20.8 Å². The number of benzene rings is 1. The van der Waals surface area contributed by atoms with Gasteiger partial charge in [0.15, 0.2) is 17.4 Å². The third kappa shape index (κ3) is 3.33. The number of nitrogens with two attached hydrogens (primary N) is 1. The maximum absolute atomic E-state index is 13.9. The van der Waals surface area contributed by atoms with Crippen molar-refractivity contribution in [1.29, 1.82) is 0 Å². The molecule has 0 saturated heterocycles. The Labute approximate surface area is 117 Å². The molecule has 20 heavy (non-hydrogen) atoms. The van der Waals surface area contributed by atoms with E-state index < -0.39 is 0 Å². The van der Waals surface area contributed by atoms with Gasteiger partial charge in [-0.2, -0.15) is 0 Å². The average molecular weight is 278 g/mol. The predicted octanol–water partition coefficient (Wildman–Crippen LogP) is 1.73. The maximum atomic E-state index is 13.9. The highest BCUT2D eigenvalue weighted by atomic mass is 19.1. The van der Waals surface area contributed by atoms with Crippen LogP contribution < -0.4 is 10.5 Å². The van der Waals surface area contributed by atoms with Crippen molar-refractivity contribution in [1.82, 2.24) is 14.8 Å². The van der Waals surface area contributed by atoms with Crippen molar-refractivity contribution >= 4 is 0 Å². The fourth-order valence-corrected chi connectivity index (χ4v) is 1.88. The number of aromatic nitrogens is 3. The standard InChI is InChI=1S/C14H19FN4O/c1-9(16)6-11-4-5-13(12(15)7-11)20-8-14-18-17-10(2)19(14)3/h4-5,7,9H,6,8,16H2,1-3H3. The number of aryl methyl sites for hydroxylation is 1. The van der Waals surface area contributed by atoms with Crippen molar-refractivity contribution in [2.24, 2.45) is 12.8 Å². The summed E-state index contributed by atoms with van der Waals surface area (Å²) in [6.45, 7) is 3.92. The molecule has 0 aliphatic carbocycles. The van der Waals surface area contributed by atoms with Gasteiger partial charge in [0.25, 0.3) is 0 Å². The van der Waals surface area contributed by atoms with Crippen LogP contribution in [0.1, 0.15) is 24.1 Å². The Morgan fingerprint density at radius 2 is 2.15 bits per heavy atom. The minimum Gasteiger partial charge on any atom is -0.483 e. The molecule has 5 nitrogen and oxygen atoms in total. The molecule has 1 aromatic heterocycles. The Hall–Kier alpha value is -1.95. The van der Waals surface area contributed by atoms with Crippen molar-refractivity contribution in [3.8, 4) is 5.75 Å². The summed E-state index contributed by atoms with van der Waals surface area (Å²) >= 11 is 0. The molecule has 0 aliphatic heterocycles. The maximum Gasteiger partial charge on any atom is 0.170 e. The quantitative estimate of drug-likeness (QED) is 0.904. The van der Waals surface area contributed by atoms with E-state index >= 15 is 0 Å². The van der Waals surface area contributed by atoms with Gasteiger partial charge in [-0.1, -0.05) is 6.07 Å². The summed E-state index contributed by atoms with van der Waals surface area (Å²) in [5.41, 5.74) is 6.56. The zero-order chi connectivity index (χ0) is 14.7. The monoisotopic (exact) mass is 278 g/mol. The Bertz CT molecular complexity index is 595. The molecule has 2 N–H and O–H groups in total. The molecule has 0 aliphatic rings. The number of rotatable bonds is 5. The number of hydrogen-bond donors (Lipinski definition) is 1. The second-order valence-corrected chi connectivity index (χ2v) is 4.96. The summed E-state index contributed by atoms with van der Waals surface area (Å²) in [6.07, 6.45) is 0.639. The van der Waals surface area contributed by atoms with Gasteiger partial charge < -0.3 is 15.0 Å². The first-order chi connectivity index (χ1) is 9.47. The first-order valence-corrected chi connectivity index (χ1v) is 6.49. The van der Waals surface area contributed by atoms with Gasteiger partial charge in [0.2, 0.25) is 0 Å². The van der Waals surface area contributed by atoms with Gasteiger partial charge in [0, 0.05) is 13.1 Å². The average Bonchev–Trinajstić information content (AvgIpc) is 2.68. The van der Waals surface area contributed by atoms with Crippen molar-refractivity contribution in [3.05, 3.63) is 41.2 Å². The normalized spacial score (nSPS) is 12.4. The zero-order valence-electron chi connectivity index (χ0n) is 11.9. The molecule has 0 amide bonds. The van der Waals surface area contributed by atoms with Crippen LogP contribution in [0.2, 0.25) is 0 Å². The summed E-state index contributed by atoms with van der Waals surface area (Å²) < 4.78 is 21.2. The van der Waals surface area contributed by atoms with Crippen LogP contribution in [0.4, 0.5) is 4.39 Å². The predicted molar refractivity (Wildman–Crippen MR) is 73.8 cm³/mol. The molecular weight excluding hydrogens is 259 g/mol. The van der Waals surface area contributed by atoms with Crippen molar-refractivity contribution < 1.29 is 9.13 Å². The van der Waals surface area contributed by atoms with E-state index in [-0.39, 0.29) is 24.2 Å².